The summed E-state index contributed by atoms with van der Waals surface area (Å²) >= 11 is 10.4. The first kappa shape index (κ1) is 22.8. The molecule has 1 aliphatic carbocycles. The number of allylic oxidation sites excluding steroid dienone is 1. The van der Waals surface area contributed by atoms with Crippen LogP contribution >= 0.6 is 23.2 Å². The smallest absolute Gasteiger partial charge is 0.392 e. The zero-order valence-electron chi connectivity index (χ0n) is 13.5. The van der Waals surface area contributed by atoms with Crippen molar-refractivity contribution in [1.82, 2.24) is 0 Å². The molecule has 2 unspecified atom stereocenters. The van der Waals surface area contributed by atoms with E-state index in [2.05, 4.69) is 0 Å². The molecule has 26 heavy (non-hydrogen) atoms. The molecular weight excluding hydrogens is 409 g/mol. The summed E-state index contributed by atoms with van der Waals surface area (Å²) in [5.74, 6) is -3.89. The molecule has 1 aromatic carbocycles. The molecule has 1 aliphatic rings. The van der Waals surface area contributed by atoms with E-state index in [9.17, 15) is 31.1 Å². The number of halogens is 8. The molecule has 2 nitrogen and oxygen atoms in total. The van der Waals surface area contributed by atoms with Crippen LogP contribution in [0.4, 0.5) is 26.3 Å². The van der Waals surface area contributed by atoms with E-state index >= 15 is 0 Å². The fourth-order valence-corrected chi connectivity index (χ4v) is 3.09. The van der Waals surface area contributed by atoms with E-state index in [0.29, 0.717) is 6.07 Å². The van der Waals surface area contributed by atoms with Gasteiger partial charge in [-0.2, -0.15) is 17.6 Å². The number of hydrogen-bond acceptors (Lipinski definition) is 2. The Balaban J connectivity index is 0.000000263. The summed E-state index contributed by atoms with van der Waals surface area (Å²) in [6.45, 7) is 2.81. The van der Waals surface area contributed by atoms with E-state index in [4.69, 9.17) is 28.3 Å². The fourth-order valence-electron chi connectivity index (χ4n) is 2.54. The predicted octanol–water partition coefficient (Wildman–Crippen LogP) is 5.55. The lowest BCUT2D eigenvalue weighted by atomic mass is 10.1. The predicted molar refractivity (Wildman–Crippen MR) is 83.9 cm³/mol. The summed E-state index contributed by atoms with van der Waals surface area (Å²) in [7, 11) is 0. The van der Waals surface area contributed by atoms with Crippen LogP contribution < -0.4 is 0 Å². The van der Waals surface area contributed by atoms with Gasteiger partial charge in [-0.3, -0.25) is 4.79 Å². The summed E-state index contributed by atoms with van der Waals surface area (Å²) in [5, 5.41) is 7.28. The standard InChI is InChI=1S/C8H9Cl2FO.C8H5F5O/c1-8(2)4(3-5(9)11)6(8)7(10)12;9-5-2-1-4(3-14)7(10)6(5)8(11,12)13/h3-4,6H,1-2H3;1-2,14H,3H2/b5-3-;. The van der Waals surface area contributed by atoms with Crippen LogP contribution in [-0.2, 0) is 17.6 Å². The monoisotopic (exact) mass is 422 g/mol. The minimum atomic E-state index is -5.10. The molecule has 0 spiro atoms. The number of aliphatic hydroxyl groups is 1. The Morgan fingerprint density at radius 1 is 1.27 bits per heavy atom. The highest BCUT2D eigenvalue weighted by molar-refractivity contribution is 6.64. The Kier molecular flexibility index (Phi) is 7.18. The Morgan fingerprint density at radius 2 is 1.81 bits per heavy atom. The average Bonchev–Trinajstić information content (AvgIpc) is 2.98. The van der Waals surface area contributed by atoms with Crippen molar-refractivity contribution in [2.24, 2.45) is 17.3 Å². The second kappa shape index (κ2) is 8.19. The molecule has 0 saturated heterocycles. The van der Waals surface area contributed by atoms with E-state index in [1.54, 1.807) is 0 Å². The summed E-state index contributed by atoms with van der Waals surface area (Å²) in [6, 6.07) is 1.23. The van der Waals surface area contributed by atoms with Gasteiger partial charge in [-0.05, 0) is 35.1 Å². The third kappa shape index (κ3) is 5.14. The van der Waals surface area contributed by atoms with Crippen molar-refractivity contribution in [3.8, 4) is 0 Å². The van der Waals surface area contributed by atoms with Crippen LogP contribution in [0.3, 0.4) is 0 Å². The van der Waals surface area contributed by atoms with Crippen LogP contribution in [0, 0.1) is 28.9 Å². The van der Waals surface area contributed by atoms with Gasteiger partial charge in [0.05, 0.1) is 6.61 Å². The maximum Gasteiger partial charge on any atom is 0.422 e. The first-order chi connectivity index (χ1) is 11.7. The molecule has 10 heteroatoms. The van der Waals surface area contributed by atoms with Gasteiger partial charge >= 0.3 is 6.18 Å². The van der Waals surface area contributed by atoms with Crippen LogP contribution in [0.5, 0.6) is 0 Å². The highest BCUT2D eigenvalue weighted by atomic mass is 35.5. The first-order valence-corrected chi connectivity index (χ1v) is 7.87. The number of benzene rings is 1. The fraction of sp³-hybridized carbons (Fsp3) is 0.438. The Labute approximate surface area is 155 Å². The van der Waals surface area contributed by atoms with Crippen molar-refractivity contribution in [3.63, 3.8) is 0 Å². The lowest BCUT2D eigenvalue weighted by molar-refractivity contribution is -0.142. The van der Waals surface area contributed by atoms with Gasteiger partial charge in [-0.15, -0.1) is 0 Å². The molecule has 2 rings (SSSR count). The summed E-state index contributed by atoms with van der Waals surface area (Å²) < 4.78 is 74.0. The highest BCUT2D eigenvalue weighted by Crippen LogP contribution is 2.60. The van der Waals surface area contributed by atoms with Crippen LogP contribution in [0.15, 0.2) is 23.5 Å². The summed E-state index contributed by atoms with van der Waals surface area (Å²) in [6.07, 6.45) is -3.86. The largest absolute Gasteiger partial charge is 0.422 e. The average molecular weight is 423 g/mol. The van der Waals surface area contributed by atoms with Crippen molar-refractivity contribution in [2.45, 2.75) is 26.6 Å². The zero-order valence-corrected chi connectivity index (χ0v) is 15.0. The topological polar surface area (TPSA) is 37.3 Å². The molecule has 0 bridgehead atoms. The van der Waals surface area contributed by atoms with Gasteiger partial charge in [0.15, 0.2) is 5.29 Å². The van der Waals surface area contributed by atoms with Crippen LogP contribution in [-0.4, -0.2) is 10.3 Å². The second-order valence-corrected chi connectivity index (χ2v) is 6.87. The van der Waals surface area contributed by atoms with E-state index in [-0.39, 0.29) is 17.3 Å². The number of rotatable bonds is 3. The second-order valence-electron chi connectivity index (χ2n) is 6.14. The maximum atomic E-state index is 12.9. The van der Waals surface area contributed by atoms with E-state index in [1.165, 1.54) is 6.08 Å². The number of alkyl halides is 3. The lowest BCUT2D eigenvalue weighted by Crippen LogP contribution is -2.13. The van der Waals surface area contributed by atoms with Gasteiger partial charge in [0.1, 0.15) is 17.2 Å². The molecule has 1 N–H and O–H groups in total. The minimum absolute atomic E-state index is 0.153. The van der Waals surface area contributed by atoms with Crippen molar-refractivity contribution in [1.29, 1.82) is 0 Å². The van der Waals surface area contributed by atoms with Gasteiger partial charge in [0.25, 0.3) is 0 Å². The normalized spacial score (nSPS) is 21.7. The maximum absolute atomic E-state index is 12.9. The van der Waals surface area contributed by atoms with Crippen molar-refractivity contribution >= 4 is 28.4 Å². The van der Waals surface area contributed by atoms with Crippen molar-refractivity contribution in [3.05, 3.63) is 46.3 Å². The van der Waals surface area contributed by atoms with Gasteiger partial charge in [0.2, 0.25) is 5.24 Å². The Hall–Kier alpha value is -1.25. The van der Waals surface area contributed by atoms with E-state index < -0.39 is 46.1 Å². The molecular formula is C16H14Cl2F6O2. The molecule has 1 aromatic rings. The zero-order chi connectivity index (χ0) is 20.4. The molecule has 0 radical (unpaired) electrons. The molecule has 0 heterocycles. The summed E-state index contributed by atoms with van der Waals surface area (Å²) in [4.78, 5) is 10.8. The SMILES string of the molecule is CC1(C)C(/C=C(\F)Cl)C1C(=O)Cl.OCc1ccc(F)c(C(F)(F)F)c1F. The van der Waals surface area contributed by atoms with E-state index in [0.717, 1.165) is 6.07 Å². The molecule has 146 valence electrons. The highest BCUT2D eigenvalue weighted by Gasteiger charge is 2.60. The quantitative estimate of drug-likeness (QED) is 0.512. The third-order valence-electron chi connectivity index (χ3n) is 4.09. The third-order valence-corrected chi connectivity index (χ3v) is 4.45. The van der Waals surface area contributed by atoms with Gasteiger partial charge < -0.3 is 5.11 Å². The van der Waals surface area contributed by atoms with Crippen LogP contribution in [0.25, 0.3) is 0 Å². The molecule has 0 aliphatic heterocycles. The van der Waals surface area contributed by atoms with Gasteiger partial charge in [-0.25, -0.2) is 8.78 Å². The number of carbonyl (C=O) groups excluding carboxylic acids is 1. The van der Waals surface area contributed by atoms with Crippen molar-refractivity contribution in [2.75, 3.05) is 0 Å². The van der Waals surface area contributed by atoms with Crippen LogP contribution in [0.2, 0.25) is 0 Å². The number of aliphatic hydroxyl groups excluding tert-OH is 1. The van der Waals surface area contributed by atoms with Crippen molar-refractivity contribution < 1.29 is 36.2 Å². The lowest BCUT2D eigenvalue weighted by Gasteiger charge is -2.10. The molecule has 1 fully saturated rings. The van der Waals surface area contributed by atoms with Crippen LogP contribution in [0.1, 0.15) is 25.0 Å². The number of hydrogen-bond donors (Lipinski definition) is 1. The Morgan fingerprint density at radius 3 is 2.15 bits per heavy atom. The summed E-state index contributed by atoms with van der Waals surface area (Å²) in [5.41, 5.74) is -2.80. The molecule has 0 aromatic heterocycles. The molecule has 2 atom stereocenters. The first-order valence-electron chi connectivity index (χ1n) is 7.12. The molecule has 0 amide bonds. The Bertz CT molecular complexity index is 711. The van der Waals surface area contributed by atoms with E-state index in [1.807, 2.05) is 13.8 Å². The minimum Gasteiger partial charge on any atom is -0.392 e. The molecule has 1 saturated carbocycles. The number of carbonyl (C=O) groups is 1. The van der Waals surface area contributed by atoms with Gasteiger partial charge in [0, 0.05) is 11.5 Å². The van der Waals surface area contributed by atoms with Gasteiger partial charge in [-0.1, -0.05) is 31.5 Å².